The Labute approximate surface area is 76.4 Å². The van der Waals surface area contributed by atoms with Gasteiger partial charge in [0.1, 0.15) is 12.1 Å². The highest BCUT2D eigenvalue weighted by molar-refractivity contribution is 5.74. The molecule has 1 aromatic rings. The molecule has 1 heterocycles. The number of hydrogen-bond donors (Lipinski definition) is 2. The lowest BCUT2D eigenvalue weighted by molar-refractivity contribution is -0.117. The summed E-state index contributed by atoms with van der Waals surface area (Å²) in [5.74, 6) is 0.395. The summed E-state index contributed by atoms with van der Waals surface area (Å²) < 4.78 is 0. The molecule has 0 aromatic carbocycles. The average Bonchev–Trinajstić information content (AvgIpc) is 2.03. The molecule has 0 aliphatic rings. The molecule has 13 heavy (non-hydrogen) atoms. The van der Waals surface area contributed by atoms with Crippen molar-refractivity contribution >= 4 is 11.7 Å². The van der Waals surface area contributed by atoms with Gasteiger partial charge in [-0.1, -0.05) is 0 Å². The van der Waals surface area contributed by atoms with Gasteiger partial charge in [-0.15, -0.1) is 0 Å². The van der Waals surface area contributed by atoms with E-state index < -0.39 is 0 Å². The van der Waals surface area contributed by atoms with Crippen LogP contribution in [0.25, 0.3) is 0 Å². The molecule has 0 atom stereocenters. The summed E-state index contributed by atoms with van der Waals surface area (Å²) in [6.07, 6.45) is 1.78. The number of hydrogen-bond acceptors (Lipinski definition) is 4. The van der Waals surface area contributed by atoms with E-state index in [0.29, 0.717) is 18.8 Å². The van der Waals surface area contributed by atoms with Crippen molar-refractivity contribution in [2.45, 2.75) is 13.3 Å². The minimum absolute atomic E-state index is 0.309. The average molecular weight is 180 g/mol. The smallest absolute Gasteiger partial charge is 0.219 e. The standard InChI is InChI=1S/C8H12N4O/c1-6-4-8(12-5-11-6)10-3-2-7(9)13/h4-5H,2-3H2,1H3,(H2,9,13)(H,10,11,12). The summed E-state index contributed by atoms with van der Waals surface area (Å²) >= 11 is 0. The van der Waals surface area contributed by atoms with Crippen LogP contribution in [0.2, 0.25) is 0 Å². The van der Waals surface area contributed by atoms with Gasteiger partial charge in [0.25, 0.3) is 0 Å². The lowest BCUT2D eigenvalue weighted by Crippen LogP contribution is -2.16. The van der Waals surface area contributed by atoms with Crippen molar-refractivity contribution in [3.8, 4) is 0 Å². The van der Waals surface area contributed by atoms with Gasteiger partial charge < -0.3 is 11.1 Å². The van der Waals surface area contributed by atoms with Crippen LogP contribution in [-0.4, -0.2) is 22.4 Å². The minimum atomic E-state index is -0.321. The molecule has 70 valence electrons. The Morgan fingerprint density at radius 1 is 1.62 bits per heavy atom. The number of primary amides is 1. The molecule has 0 aliphatic carbocycles. The number of aryl methyl sites for hydroxylation is 1. The topological polar surface area (TPSA) is 80.9 Å². The maximum atomic E-state index is 10.4. The fraction of sp³-hybridized carbons (Fsp3) is 0.375. The van der Waals surface area contributed by atoms with E-state index in [1.54, 1.807) is 6.07 Å². The second kappa shape index (κ2) is 4.39. The number of carbonyl (C=O) groups excluding carboxylic acids is 1. The zero-order valence-electron chi connectivity index (χ0n) is 7.45. The quantitative estimate of drug-likeness (QED) is 0.687. The molecule has 0 bridgehead atoms. The molecular formula is C8H12N4O. The number of carbonyl (C=O) groups is 1. The minimum Gasteiger partial charge on any atom is -0.370 e. The van der Waals surface area contributed by atoms with Crippen molar-refractivity contribution in [1.29, 1.82) is 0 Å². The molecule has 0 aliphatic heterocycles. The first-order chi connectivity index (χ1) is 6.18. The predicted molar refractivity (Wildman–Crippen MR) is 49.1 cm³/mol. The fourth-order valence-corrected chi connectivity index (χ4v) is 0.865. The number of amides is 1. The maximum absolute atomic E-state index is 10.4. The molecule has 1 aromatic heterocycles. The van der Waals surface area contributed by atoms with E-state index in [2.05, 4.69) is 15.3 Å². The lowest BCUT2D eigenvalue weighted by atomic mass is 10.4. The van der Waals surface area contributed by atoms with E-state index in [0.717, 1.165) is 5.69 Å². The first kappa shape index (κ1) is 9.44. The lowest BCUT2D eigenvalue weighted by Gasteiger charge is -2.03. The summed E-state index contributed by atoms with van der Waals surface area (Å²) in [7, 11) is 0. The maximum Gasteiger partial charge on any atom is 0.219 e. The molecule has 0 unspecified atom stereocenters. The molecule has 0 saturated carbocycles. The zero-order chi connectivity index (χ0) is 9.68. The number of nitrogens with zero attached hydrogens (tertiary/aromatic N) is 2. The summed E-state index contributed by atoms with van der Waals surface area (Å²) in [5.41, 5.74) is 5.86. The first-order valence-corrected chi connectivity index (χ1v) is 3.99. The van der Waals surface area contributed by atoms with E-state index in [1.807, 2.05) is 6.92 Å². The molecule has 1 rings (SSSR count). The fourth-order valence-electron chi connectivity index (χ4n) is 0.865. The van der Waals surface area contributed by atoms with E-state index in [4.69, 9.17) is 5.73 Å². The van der Waals surface area contributed by atoms with Gasteiger partial charge in [-0.3, -0.25) is 4.79 Å². The van der Waals surface area contributed by atoms with Crippen molar-refractivity contribution < 1.29 is 4.79 Å². The van der Waals surface area contributed by atoms with Crippen LogP contribution in [0.3, 0.4) is 0 Å². The molecule has 1 amide bonds. The van der Waals surface area contributed by atoms with E-state index >= 15 is 0 Å². The highest BCUT2D eigenvalue weighted by Gasteiger charge is 1.96. The van der Waals surface area contributed by atoms with Crippen molar-refractivity contribution in [2.75, 3.05) is 11.9 Å². The Morgan fingerprint density at radius 2 is 2.38 bits per heavy atom. The van der Waals surface area contributed by atoms with Crippen LogP contribution in [0.4, 0.5) is 5.82 Å². The Balaban J connectivity index is 2.41. The van der Waals surface area contributed by atoms with Crippen LogP contribution in [0, 0.1) is 6.92 Å². The van der Waals surface area contributed by atoms with Gasteiger partial charge >= 0.3 is 0 Å². The number of aromatic nitrogens is 2. The highest BCUT2D eigenvalue weighted by atomic mass is 16.1. The normalized spacial score (nSPS) is 9.62. The molecule has 5 nitrogen and oxygen atoms in total. The largest absolute Gasteiger partial charge is 0.370 e. The monoisotopic (exact) mass is 180 g/mol. The third-order valence-corrected chi connectivity index (χ3v) is 1.48. The van der Waals surface area contributed by atoms with Crippen molar-refractivity contribution in [3.63, 3.8) is 0 Å². The van der Waals surface area contributed by atoms with Gasteiger partial charge in [0.15, 0.2) is 0 Å². The van der Waals surface area contributed by atoms with Gasteiger partial charge in [0.05, 0.1) is 0 Å². The van der Waals surface area contributed by atoms with Gasteiger partial charge in [-0.2, -0.15) is 0 Å². The Bertz CT molecular complexity index is 300. The summed E-state index contributed by atoms with van der Waals surface area (Å²) in [6, 6.07) is 1.81. The summed E-state index contributed by atoms with van der Waals surface area (Å²) in [4.78, 5) is 18.3. The van der Waals surface area contributed by atoms with Crippen molar-refractivity contribution in [3.05, 3.63) is 18.1 Å². The summed E-state index contributed by atoms with van der Waals surface area (Å²) in [6.45, 7) is 2.38. The Hall–Kier alpha value is -1.65. The van der Waals surface area contributed by atoms with Crippen LogP contribution in [0.5, 0.6) is 0 Å². The molecular weight excluding hydrogens is 168 g/mol. The molecule has 5 heteroatoms. The van der Waals surface area contributed by atoms with Crippen LogP contribution in [0.15, 0.2) is 12.4 Å². The van der Waals surface area contributed by atoms with E-state index in [-0.39, 0.29) is 5.91 Å². The van der Waals surface area contributed by atoms with Crippen LogP contribution in [0.1, 0.15) is 12.1 Å². The summed E-state index contributed by atoms with van der Waals surface area (Å²) in [5, 5.41) is 2.96. The van der Waals surface area contributed by atoms with Crippen molar-refractivity contribution in [2.24, 2.45) is 5.73 Å². The van der Waals surface area contributed by atoms with Crippen LogP contribution >= 0.6 is 0 Å². The second-order valence-corrected chi connectivity index (χ2v) is 2.69. The predicted octanol–water partition coefficient (Wildman–Crippen LogP) is 0.0723. The first-order valence-electron chi connectivity index (χ1n) is 3.99. The third-order valence-electron chi connectivity index (χ3n) is 1.48. The highest BCUT2D eigenvalue weighted by Crippen LogP contribution is 2.01. The Morgan fingerprint density at radius 3 is 3.00 bits per heavy atom. The van der Waals surface area contributed by atoms with Crippen LogP contribution in [-0.2, 0) is 4.79 Å². The number of nitrogens with two attached hydrogens (primary N) is 1. The van der Waals surface area contributed by atoms with Gasteiger partial charge in [-0.25, -0.2) is 9.97 Å². The molecule has 3 N–H and O–H groups in total. The molecule has 0 spiro atoms. The van der Waals surface area contributed by atoms with E-state index in [1.165, 1.54) is 6.33 Å². The van der Waals surface area contributed by atoms with Gasteiger partial charge in [-0.05, 0) is 6.92 Å². The van der Waals surface area contributed by atoms with Crippen LogP contribution < -0.4 is 11.1 Å². The van der Waals surface area contributed by atoms with Crippen molar-refractivity contribution in [1.82, 2.24) is 9.97 Å². The number of anilines is 1. The number of nitrogens with one attached hydrogen (secondary N) is 1. The SMILES string of the molecule is Cc1cc(NCCC(N)=O)ncn1. The molecule has 0 saturated heterocycles. The van der Waals surface area contributed by atoms with Gasteiger partial charge in [0, 0.05) is 24.7 Å². The molecule has 0 radical (unpaired) electrons. The second-order valence-electron chi connectivity index (χ2n) is 2.69. The molecule has 0 fully saturated rings. The number of rotatable bonds is 4. The van der Waals surface area contributed by atoms with Gasteiger partial charge in [0.2, 0.25) is 5.91 Å². The van der Waals surface area contributed by atoms with E-state index in [9.17, 15) is 4.79 Å². The Kier molecular flexibility index (Phi) is 3.19. The third kappa shape index (κ3) is 3.50. The zero-order valence-corrected chi connectivity index (χ0v) is 7.45.